The summed E-state index contributed by atoms with van der Waals surface area (Å²) >= 11 is 0. The molecular weight excluding hydrogens is 273 g/mol. The van der Waals surface area contributed by atoms with E-state index in [-0.39, 0.29) is 0 Å². The van der Waals surface area contributed by atoms with Crippen LogP contribution in [0.5, 0.6) is 0 Å². The average Bonchev–Trinajstić information content (AvgIpc) is 2.39. The molecule has 0 spiro atoms. The van der Waals surface area contributed by atoms with E-state index >= 15 is 0 Å². The summed E-state index contributed by atoms with van der Waals surface area (Å²) in [6.45, 7) is 5.20. The minimum Gasteiger partial charge on any atom is -0.384 e. The van der Waals surface area contributed by atoms with Crippen molar-refractivity contribution >= 4 is 7.60 Å². The van der Waals surface area contributed by atoms with Gasteiger partial charge >= 0.3 is 7.60 Å². The van der Waals surface area contributed by atoms with Crippen molar-refractivity contribution in [3.05, 3.63) is 46.9 Å². The van der Waals surface area contributed by atoms with Gasteiger partial charge in [0.05, 0.1) is 18.5 Å². The summed E-state index contributed by atoms with van der Waals surface area (Å²) in [5, 5.41) is 4.17. The normalized spacial score (nSPS) is 15.1. The molecule has 0 heterocycles. The maximum atomic E-state index is 12.7. The summed E-state index contributed by atoms with van der Waals surface area (Å²) in [5.74, 6) is 0. The minimum atomic E-state index is -3.08. The highest BCUT2D eigenvalue weighted by atomic mass is 31.2. The highest BCUT2D eigenvalue weighted by Gasteiger charge is 2.36. The number of hydrogen-bond donors (Lipinski definition) is 1. The third kappa shape index (κ3) is 3.51. The van der Waals surface area contributed by atoms with Crippen molar-refractivity contribution in [3.8, 4) is 0 Å². The fourth-order valence-electron chi connectivity index (χ4n) is 2.19. The molecule has 0 amide bonds. The van der Waals surface area contributed by atoms with Gasteiger partial charge in [-0.2, -0.15) is 0 Å². The van der Waals surface area contributed by atoms with E-state index in [2.05, 4.69) is 17.4 Å². The predicted molar refractivity (Wildman–Crippen MR) is 80.4 cm³/mol. The highest BCUT2D eigenvalue weighted by molar-refractivity contribution is 7.58. The number of benzene rings is 1. The molecule has 0 bridgehead atoms. The lowest BCUT2D eigenvalue weighted by atomic mass is 10.1. The van der Waals surface area contributed by atoms with E-state index in [0.717, 1.165) is 30.4 Å². The molecular formula is C15H22NO3P. The van der Waals surface area contributed by atoms with Gasteiger partial charge in [-0.25, -0.2) is 0 Å². The van der Waals surface area contributed by atoms with Crippen molar-refractivity contribution in [3.63, 3.8) is 0 Å². The first kappa shape index (κ1) is 15.3. The maximum absolute atomic E-state index is 12.7. The molecule has 0 saturated heterocycles. The molecule has 4 nitrogen and oxygen atoms in total. The second kappa shape index (κ2) is 7.07. The van der Waals surface area contributed by atoms with Crippen LogP contribution in [-0.2, 0) is 20.2 Å². The van der Waals surface area contributed by atoms with Crippen molar-refractivity contribution in [2.24, 2.45) is 0 Å². The molecule has 1 aromatic rings. The van der Waals surface area contributed by atoms with E-state index < -0.39 is 7.60 Å². The van der Waals surface area contributed by atoms with Crippen molar-refractivity contribution < 1.29 is 13.6 Å². The number of hydrogen-bond acceptors (Lipinski definition) is 4. The summed E-state index contributed by atoms with van der Waals surface area (Å²) in [6, 6.07) is 10.2. The lowest BCUT2D eigenvalue weighted by Crippen LogP contribution is -2.22. The molecule has 20 heavy (non-hydrogen) atoms. The lowest BCUT2D eigenvalue weighted by molar-refractivity contribution is 0.223. The molecule has 110 valence electrons. The average molecular weight is 295 g/mol. The SMILES string of the molecule is CCOP(=O)(OCC)C1=C(NCc2ccccc2)CC1. The van der Waals surface area contributed by atoms with Crippen LogP contribution in [0.4, 0.5) is 0 Å². The van der Waals surface area contributed by atoms with E-state index in [1.807, 2.05) is 32.0 Å². The zero-order valence-electron chi connectivity index (χ0n) is 12.1. The Morgan fingerprint density at radius 3 is 2.25 bits per heavy atom. The molecule has 0 saturated carbocycles. The Kier molecular flexibility index (Phi) is 5.41. The van der Waals surface area contributed by atoms with Crippen LogP contribution in [0.1, 0.15) is 32.3 Å². The van der Waals surface area contributed by atoms with Crippen LogP contribution >= 0.6 is 7.60 Å². The molecule has 1 aliphatic rings. The topological polar surface area (TPSA) is 47.6 Å². The summed E-state index contributed by atoms with van der Waals surface area (Å²) < 4.78 is 23.5. The molecule has 0 atom stereocenters. The van der Waals surface area contributed by atoms with E-state index in [0.29, 0.717) is 13.2 Å². The fourth-order valence-corrected chi connectivity index (χ4v) is 4.17. The van der Waals surface area contributed by atoms with Crippen LogP contribution in [-0.4, -0.2) is 13.2 Å². The van der Waals surface area contributed by atoms with Gasteiger partial charge < -0.3 is 14.4 Å². The lowest BCUT2D eigenvalue weighted by Gasteiger charge is -2.30. The fraction of sp³-hybridized carbons (Fsp3) is 0.467. The summed E-state index contributed by atoms with van der Waals surface area (Å²) in [7, 11) is -3.08. The second-order valence-electron chi connectivity index (χ2n) is 4.60. The van der Waals surface area contributed by atoms with Gasteiger partial charge in [-0.15, -0.1) is 0 Å². The second-order valence-corrected chi connectivity index (χ2v) is 6.65. The zero-order chi connectivity index (χ0) is 14.4. The van der Waals surface area contributed by atoms with Gasteiger partial charge in [0.25, 0.3) is 0 Å². The zero-order valence-corrected chi connectivity index (χ0v) is 13.0. The minimum absolute atomic E-state index is 0.396. The van der Waals surface area contributed by atoms with Crippen molar-refractivity contribution in [1.82, 2.24) is 5.32 Å². The van der Waals surface area contributed by atoms with Crippen LogP contribution < -0.4 is 5.32 Å². The largest absolute Gasteiger partial charge is 0.384 e. The molecule has 2 rings (SSSR count). The smallest absolute Gasteiger partial charge is 0.359 e. The van der Waals surface area contributed by atoms with Crippen LogP contribution in [0, 0.1) is 0 Å². The molecule has 1 aromatic carbocycles. The van der Waals surface area contributed by atoms with Crippen LogP contribution in [0.3, 0.4) is 0 Å². The first-order valence-corrected chi connectivity index (χ1v) is 8.63. The van der Waals surface area contributed by atoms with Crippen molar-refractivity contribution in [2.45, 2.75) is 33.2 Å². The molecule has 0 radical (unpaired) electrons. The molecule has 0 aliphatic heterocycles. The Hall–Kier alpha value is -1.09. The van der Waals surface area contributed by atoms with E-state index in [1.54, 1.807) is 0 Å². The monoisotopic (exact) mass is 295 g/mol. The molecule has 5 heteroatoms. The standard InChI is InChI=1S/C15H22NO3P/c1-3-18-20(17,19-4-2)15-11-10-14(15)16-12-13-8-6-5-7-9-13/h5-9,16H,3-4,10-12H2,1-2H3. The van der Waals surface area contributed by atoms with Gasteiger partial charge in [0.15, 0.2) is 0 Å². The molecule has 0 unspecified atom stereocenters. The molecule has 1 N–H and O–H groups in total. The highest BCUT2D eigenvalue weighted by Crippen LogP contribution is 2.62. The van der Waals surface area contributed by atoms with Gasteiger partial charge in [0.2, 0.25) is 0 Å². The Labute approximate surface area is 120 Å². The summed E-state index contributed by atoms with van der Waals surface area (Å²) in [4.78, 5) is 0. The van der Waals surface area contributed by atoms with Crippen LogP contribution in [0.15, 0.2) is 41.3 Å². The number of allylic oxidation sites excluding steroid dienone is 2. The van der Waals surface area contributed by atoms with Crippen molar-refractivity contribution in [1.29, 1.82) is 0 Å². The first-order chi connectivity index (χ1) is 9.69. The summed E-state index contributed by atoms with van der Waals surface area (Å²) in [6.07, 6.45) is 1.70. The molecule has 1 aliphatic carbocycles. The Bertz CT molecular complexity index is 503. The van der Waals surface area contributed by atoms with Crippen LogP contribution in [0.25, 0.3) is 0 Å². The van der Waals surface area contributed by atoms with E-state index in [1.165, 1.54) is 5.56 Å². The molecule has 0 fully saturated rings. The van der Waals surface area contributed by atoms with Crippen molar-refractivity contribution in [2.75, 3.05) is 13.2 Å². The van der Waals surface area contributed by atoms with Gasteiger partial charge in [-0.3, -0.25) is 4.57 Å². The van der Waals surface area contributed by atoms with Gasteiger partial charge in [0, 0.05) is 12.2 Å². The predicted octanol–water partition coefficient (Wildman–Crippen LogP) is 4.05. The van der Waals surface area contributed by atoms with Gasteiger partial charge in [-0.1, -0.05) is 30.3 Å². The third-order valence-corrected chi connectivity index (χ3v) is 5.59. The Morgan fingerprint density at radius 1 is 1.10 bits per heavy atom. The quantitative estimate of drug-likeness (QED) is 0.735. The van der Waals surface area contributed by atoms with Gasteiger partial charge in [-0.05, 0) is 32.3 Å². The van der Waals surface area contributed by atoms with E-state index in [4.69, 9.17) is 9.05 Å². The maximum Gasteiger partial charge on any atom is 0.359 e. The summed E-state index contributed by atoms with van der Waals surface area (Å²) in [5.41, 5.74) is 2.22. The third-order valence-electron chi connectivity index (χ3n) is 3.24. The Morgan fingerprint density at radius 2 is 1.75 bits per heavy atom. The molecule has 0 aromatic heterocycles. The Balaban J connectivity index is 2.05. The number of nitrogens with one attached hydrogen (secondary N) is 1. The van der Waals surface area contributed by atoms with Gasteiger partial charge in [0.1, 0.15) is 0 Å². The van der Waals surface area contributed by atoms with E-state index in [9.17, 15) is 4.57 Å². The number of rotatable bonds is 8. The van der Waals surface area contributed by atoms with Crippen LogP contribution in [0.2, 0.25) is 0 Å². The first-order valence-electron chi connectivity index (χ1n) is 7.09.